The number of aromatic amines is 1. The number of aromatic nitrogens is 3. The third kappa shape index (κ3) is 4.54. The number of nitrogens with one attached hydrogen (secondary N) is 3. The Morgan fingerprint density at radius 1 is 0.794 bits per heavy atom. The standard InChI is InChI=1S/C27H21N5O2/c1-17-4-6-19(7-5-17)26(33)29-21-10-8-18(9-11-21)25-31-23-13-12-22(15-24(23)32-25)30-27(34)20-3-2-14-28-16-20/h2-16H,1H3,(H,29,33)(H,30,34)(H,31,32). The molecule has 0 aliphatic heterocycles. The van der Waals surface area contributed by atoms with Crippen LogP contribution >= 0.6 is 0 Å². The number of rotatable bonds is 5. The monoisotopic (exact) mass is 447 g/mol. The molecule has 166 valence electrons. The van der Waals surface area contributed by atoms with E-state index in [-0.39, 0.29) is 11.8 Å². The van der Waals surface area contributed by atoms with Crippen LogP contribution in [0.5, 0.6) is 0 Å². The van der Waals surface area contributed by atoms with Gasteiger partial charge < -0.3 is 15.6 Å². The number of aryl methyl sites for hydroxylation is 1. The summed E-state index contributed by atoms with van der Waals surface area (Å²) in [6.45, 7) is 1.98. The zero-order valence-corrected chi connectivity index (χ0v) is 18.4. The van der Waals surface area contributed by atoms with Crippen molar-refractivity contribution >= 4 is 34.2 Å². The molecule has 0 aliphatic carbocycles. The Balaban J connectivity index is 1.30. The number of anilines is 2. The molecule has 7 heteroatoms. The number of benzene rings is 3. The van der Waals surface area contributed by atoms with Crippen LogP contribution in [0.3, 0.4) is 0 Å². The highest BCUT2D eigenvalue weighted by atomic mass is 16.2. The van der Waals surface area contributed by atoms with Gasteiger partial charge in [0.15, 0.2) is 0 Å². The molecule has 0 fully saturated rings. The van der Waals surface area contributed by atoms with Crippen molar-refractivity contribution in [1.82, 2.24) is 15.0 Å². The van der Waals surface area contributed by atoms with Crippen LogP contribution in [0.2, 0.25) is 0 Å². The van der Waals surface area contributed by atoms with E-state index < -0.39 is 0 Å². The van der Waals surface area contributed by atoms with Gasteiger partial charge in [0.1, 0.15) is 5.82 Å². The van der Waals surface area contributed by atoms with E-state index in [0.29, 0.717) is 28.3 Å². The summed E-state index contributed by atoms with van der Waals surface area (Å²) in [5.74, 6) is 0.315. The first kappa shape index (κ1) is 21.1. The van der Waals surface area contributed by atoms with Gasteiger partial charge in [-0.05, 0) is 73.7 Å². The Bertz CT molecular complexity index is 1470. The van der Waals surface area contributed by atoms with E-state index in [2.05, 4.69) is 25.6 Å². The molecule has 5 rings (SSSR count). The maximum Gasteiger partial charge on any atom is 0.257 e. The van der Waals surface area contributed by atoms with Crippen LogP contribution in [0.25, 0.3) is 22.4 Å². The van der Waals surface area contributed by atoms with Crippen LogP contribution in [-0.2, 0) is 0 Å². The second kappa shape index (κ2) is 8.99. The molecule has 5 aromatic rings. The smallest absolute Gasteiger partial charge is 0.257 e. The van der Waals surface area contributed by atoms with Gasteiger partial charge >= 0.3 is 0 Å². The fraction of sp³-hybridized carbons (Fsp3) is 0.0370. The number of fused-ring (bicyclic) bond motifs is 1. The van der Waals surface area contributed by atoms with E-state index >= 15 is 0 Å². The number of pyridine rings is 1. The van der Waals surface area contributed by atoms with E-state index in [9.17, 15) is 9.59 Å². The Labute approximate surface area is 195 Å². The highest BCUT2D eigenvalue weighted by Crippen LogP contribution is 2.24. The van der Waals surface area contributed by atoms with E-state index in [0.717, 1.165) is 22.2 Å². The molecular formula is C27H21N5O2. The zero-order chi connectivity index (χ0) is 23.5. The van der Waals surface area contributed by atoms with Crippen molar-refractivity contribution in [3.63, 3.8) is 0 Å². The average molecular weight is 447 g/mol. The summed E-state index contributed by atoms with van der Waals surface area (Å²) in [6.07, 6.45) is 3.15. The maximum atomic E-state index is 12.4. The number of nitrogens with zero attached hydrogens (tertiary/aromatic N) is 2. The average Bonchev–Trinajstić information content (AvgIpc) is 3.29. The summed E-state index contributed by atoms with van der Waals surface area (Å²) in [6, 6.07) is 23.8. The van der Waals surface area contributed by atoms with Gasteiger partial charge in [0.25, 0.3) is 11.8 Å². The minimum atomic E-state index is -0.226. The predicted octanol–water partition coefficient (Wildman–Crippen LogP) is 5.44. The van der Waals surface area contributed by atoms with E-state index in [4.69, 9.17) is 0 Å². The lowest BCUT2D eigenvalue weighted by Crippen LogP contribution is -2.11. The predicted molar refractivity (Wildman–Crippen MR) is 133 cm³/mol. The van der Waals surface area contributed by atoms with Gasteiger partial charge in [-0.15, -0.1) is 0 Å². The fourth-order valence-corrected chi connectivity index (χ4v) is 3.54. The largest absolute Gasteiger partial charge is 0.338 e. The molecule has 0 atom stereocenters. The van der Waals surface area contributed by atoms with Crippen molar-refractivity contribution in [1.29, 1.82) is 0 Å². The summed E-state index contributed by atoms with van der Waals surface area (Å²) >= 11 is 0. The van der Waals surface area contributed by atoms with Crippen molar-refractivity contribution in [2.75, 3.05) is 10.6 Å². The highest BCUT2D eigenvalue weighted by molar-refractivity contribution is 6.05. The fourth-order valence-electron chi connectivity index (χ4n) is 3.54. The summed E-state index contributed by atoms with van der Waals surface area (Å²) < 4.78 is 0. The zero-order valence-electron chi connectivity index (χ0n) is 18.4. The number of carbonyl (C=O) groups excluding carboxylic acids is 2. The summed E-state index contributed by atoms with van der Waals surface area (Å²) in [5.41, 5.74) is 6.03. The third-order valence-electron chi connectivity index (χ3n) is 5.39. The molecule has 2 aromatic heterocycles. The van der Waals surface area contributed by atoms with Crippen LogP contribution in [0.1, 0.15) is 26.3 Å². The summed E-state index contributed by atoms with van der Waals surface area (Å²) in [4.78, 5) is 36.7. The van der Waals surface area contributed by atoms with Gasteiger partial charge in [-0.1, -0.05) is 17.7 Å². The molecule has 34 heavy (non-hydrogen) atoms. The van der Waals surface area contributed by atoms with Gasteiger partial charge in [-0.3, -0.25) is 14.6 Å². The van der Waals surface area contributed by atoms with E-state index in [1.54, 1.807) is 30.5 Å². The first-order chi connectivity index (χ1) is 16.5. The quantitative estimate of drug-likeness (QED) is 0.334. The molecule has 0 aliphatic rings. The lowest BCUT2D eigenvalue weighted by Gasteiger charge is -2.06. The number of hydrogen-bond donors (Lipinski definition) is 3. The molecule has 7 nitrogen and oxygen atoms in total. The van der Waals surface area contributed by atoms with Crippen molar-refractivity contribution in [2.24, 2.45) is 0 Å². The molecule has 0 unspecified atom stereocenters. The first-order valence-corrected chi connectivity index (χ1v) is 10.7. The highest BCUT2D eigenvalue weighted by Gasteiger charge is 2.10. The van der Waals surface area contributed by atoms with Gasteiger partial charge in [-0.2, -0.15) is 0 Å². The lowest BCUT2D eigenvalue weighted by atomic mass is 10.1. The lowest BCUT2D eigenvalue weighted by molar-refractivity contribution is 0.101. The van der Waals surface area contributed by atoms with E-state index in [1.165, 1.54) is 6.20 Å². The maximum absolute atomic E-state index is 12.4. The first-order valence-electron chi connectivity index (χ1n) is 10.7. The van der Waals surface area contributed by atoms with Gasteiger partial charge in [0, 0.05) is 34.9 Å². The summed E-state index contributed by atoms with van der Waals surface area (Å²) in [5, 5.41) is 5.78. The molecule has 0 saturated heterocycles. The number of amides is 2. The van der Waals surface area contributed by atoms with Crippen molar-refractivity contribution in [3.8, 4) is 11.4 Å². The van der Waals surface area contributed by atoms with Gasteiger partial charge in [-0.25, -0.2) is 4.98 Å². The summed E-state index contributed by atoms with van der Waals surface area (Å²) in [7, 11) is 0. The molecule has 2 heterocycles. The number of carbonyl (C=O) groups is 2. The minimum Gasteiger partial charge on any atom is -0.338 e. The molecule has 3 N–H and O–H groups in total. The van der Waals surface area contributed by atoms with Crippen molar-refractivity contribution < 1.29 is 9.59 Å². The Kier molecular flexibility index (Phi) is 5.58. The number of hydrogen-bond acceptors (Lipinski definition) is 4. The topological polar surface area (TPSA) is 99.8 Å². The Morgan fingerprint density at radius 3 is 2.24 bits per heavy atom. The van der Waals surface area contributed by atoms with Crippen LogP contribution in [0.15, 0.2) is 91.3 Å². The van der Waals surface area contributed by atoms with Gasteiger partial charge in [0.2, 0.25) is 0 Å². The molecule has 2 amide bonds. The Morgan fingerprint density at radius 2 is 1.50 bits per heavy atom. The number of imidazole rings is 1. The normalized spacial score (nSPS) is 10.7. The van der Waals surface area contributed by atoms with Gasteiger partial charge in [0.05, 0.1) is 16.6 Å². The molecule has 0 saturated carbocycles. The molecular weight excluding hydrogens is 426 g/mol. The molecule has 0 spiro atoms. The van der Waals surface area contributed by atoms with Crippen LogP contribution in [0.4, 0.5) is 11.4 Å². The van der Waals surface area contributed by atoms with Crippen LogP contribution in [-0.4, -0.2) is 26.8 Å². The second-order valence-electron chi connectivity index (χ2n) is 7.91. The second-order valence-corrected chi connectivity index (χ2v) is 7.91. The SMILES string of the molecule is Cc1ccc(C(=O)Nc2ccc(-c3nc4ccc(NC(=O)c5cccnc5)cc4[nH]3)cc2)cc1. The van der Waals surface area contributed by atoms with Crippen molar-refractivity contribution in [3.05, 3.63) is 108 Å². The van der Waals surface area contributed by atoms with Crippen LogP contribution < -0.4 is 10.6 Å². The molecule has 3 aromatic carbocycles. The minimum absolute atomic E-state index is 0.155. The Hall–Kier alpha value is -4.78. The third-order valence-corrected chi connectivity index (χ3v) is 5.39. The van der Waals surface area contributed by atoms with E-state index in [1.807, 2.05) is 61.5 Å². The number of H-pyrrole nitrogens is 1. The molecule has 0 radical (unpaired) electrons. The van der Waals surface area contributed by atoms with Crippen molar-refractivity contribution in [2.45, 2.75) is 6.92 Å². The molecule has 0 bridgehead atoms. The van der Waals surface area contributed by atoms with Crippen LogP contribution in [0, 0.1) is 6.92 Å².